The molecule has 3 rings (SSSR count). The summed E-state index contributed by atoms with van der Waals surface area (Å²) in [6.07, 6.45) is 2.61. The predicted molar refractivity (Wildman–Crippen MR) is 112 cm³/mol. The zero-order chi connectivity index (χ0) is 18.7. The van der Waals surface area contributed by atoms with Gasteiger partial charge in [-0.15, -0.1) is 0 Å². The van der Waals surface area contributed by atoms with Gasteiger partial charge in [-0.05, 0) is 86.3 Å². The Bertz CT molecular complexity index is 882. The molecule has 7 heteroatoms. The lowest BCUT2D eigenvalue weighted by atomic mass is 10.2. The molecule has 134 valence electrons. The number of nitrogens with zero attached hydrogens (tertiary/aromatic N) is 1. The smallest absolute Gasteiger partial charge is 0.363 e. The summed E-state index contributed by atoms with van der Waals surface area (Å²) in [5.41, 5.74) is 1.81. The highest BCUT2D eigenvalue weighted by Crippen LogP contribution is 2.36. The Labute approximate surface area is 176 Å². The second kappa shape index (κ2) is 8.50. The first kappa shape index (κ1) is 19.3. The summed E-state index contributed by atoms with van der Waals surface area (Å²) in [5.74, 6) is 0.568. The first-order valence-corrected chi connectivity index (χ1v) is 10.3. The van der Waals surface area contributed by atoms with Crippen molar-refractivity contribution in [2.45, 2.75) is 13.3 Å². The molecule has 0 aliphatic carbocycles. The molecule has 0 radical (unpaired) electrons. The Kier molecular flexibility index (Phi) is 6.32. The van der Waals surface area contributed by atoms with E-state index >= 15 is 0 Å². The van der Waals surface area contributed by atoms with Gasteiger partial charge in [0.05, 0.1) is 15.6 Å². The quantitative estimate of drug-likeness (QED) is 0.338. The van der Waals surface area contributed by atoms with Crippen LogP contribution in [0.4, 0.5) is 0 Å². The van der Waals surface area contributed by atoms with Gasteiger partial charge in [-0.1, -0.05) is 22.9 Å². The molecule has 0 unspecified atom stereocenters. The summed E-state index contributed by atoms with van der Waals surface area (Å²) in [4.78, 5) is 16.5. The lowest BCUT2D eigenvalue weighted by molar-refractivity contribution is -0.129. The van der Waals surface area contributed by atoms with Crippen LogP contribution in [-0.4, -0.2) is 18.5 Å². The monoisotopic (exact) mass is 541 g/mol. The molecular weight excluding hydrogens is 530 g/mol. The van der Waals surface area contributed by atoms with Crippen molar-refractivity contribution in [1.29, 1.82) is 0 Å². The van der Waals surface area contributed by atoms with E-state index in [-0.39, 0.29) is 5.70 Å². The summed E-state index contributed by atoms with van der Waals surface area (Å²) in [5, 5.41) is 0. The maximum absolute atomic E-state index is 12.1. The van der Waals surface area contributed by atoms with Gasteiger partial charge in [0.2, 0.25) is 5.90 Å². The lowest BCUT2D eigenvalue weighted by Gasteiger charge is -2.10. The third-order valence-electron chi connectivity index (χ3n) is 3.49. The molecule has 2 aromatic rings. The normalized spacial score (nSPS) is 15.2. The Balaban J connectivity index is 1.89. The molecule has 0 saturated carbocycles. The Morgan fingerprint density at radius 2 is 1.77 bits per heavy atom. The van der Waals surface area contributed by atoms with E-state index in [1.165, 1.54) is 0 Å². The van der Waals surface area contributed by atoms with Crippen LogP contribution >= 0.6 is 47.8 Å². The SMILES string of the molecule is CCCOc1c(Br)cc(/C=C2\N=C(c3ccc(Br)cc3)OC2=O)cc1Br. The largest absolute Gasteiger partial charge is 0.491 e. The van der Waals surface area contributed by atoms with Gasteiger partial charge in [-0.3, -0.25) is 0 Å². The number of cyclic esters (lactones) is 1. The van der Waals surface area contributed by atoms with Crippen molar-refractivity contribution >= 4 is 65.7 Å². The zero-order valence-electron chi connectivity index (χ0n) is 13.8. The Hall–Kier alpha value is -1.44. The number of rotatable bonds is 5. The fourth-order valence-corrected chi connectivity index (χ4v) is 4.00. The summed E-state index contributed by atoms with van der Waals surface area (Å²) >= 11 is 10.4. The first-order valence-electron chi connectivity index (χ1n) is 7.88. The van der Waals surface area contributed by atoms with Crippen LogP contribution in [0.1, 0.15) is 24.5 Å². The topological polar surface area (TPSA) is 47.9 Å². The van der Waals surface area contributed by atoms with Crippen LogP contribution in [0, 0.1) is 0 Å². The molecule has 0 aromatic heterocycles. The van der Waals surface area contributed by atoms with E-state index in [1.54, 1.807) is 6.08 Å². The number of aliphatic imine (C=N–C) groups is 1. The number of hydrogen-bond donors (Lipinski definition) is 0. The molecule has 1 aliphatic rings. The highest BCUT2D eigenvalue weighted by atomic mass is 79.9. The molecule has 1 heterocycles. The van der Waals surface area contributed by atoms with Crippen molar-refractivity contribution < 1.29 is 14.3 Å². The number of benzene rings is 2. The van der Waals surface area contributed by atoms with Crippen molar-refractivity contribution in [1.82, 2.24) is 0 Å². The second-order valence-corrected chi connectivity index (χ2v) is 8.13. The number of carbonyl (C=O) groups excluding carboxylic acids is 1. The molecule has 0 amide bonds. The fourth-order valence-electron chi connectivity index (χ4n) is 2.29. The van der Waals surface area contributed by atoms with Crippen LogP contribution in [-0.2, 0) is 9.53 Å². The molecule has 4 nitrogen and oxygen atoms in total. The maximum Gasteiger partial charge on any atom is 0.363 e. The lowest BCUT2D eigenvalue weighted by Crippen LogP contribution is -2.05. The summed E-state index contributed by atoms with van der Waals surface area (Å²) in [6.45, 7) is 2.68. The van der Waals surface area contributed by atoms with Gasteiger partial charge in [0.1, 0.15) is 5.75 Å². The van der Waals surface area contributed by atoms with Crippen molar-refractivity contribution in [3.05, 3.63) is 66.6 Å². The summed E-state index contributed by atoms with van der Waals surface area (Å²) in [7, 11) is 0. The minimum atomic E-state index is -0.471. The molecule has 1 aliphatic heterocycles. The van der Waals surface area contributed by atoms with Crippen molar-refractivity contribution in [2.24, 2.45) is 4.99 Å². The van der Waals surface area contributed by atoms with E-state index in [4.69, 9.17) is 9.47 Å². The van der Waals surface area contributed by atoms with Crippen molar-refractivity contribution in [2.75, 3.05) is 6.61 Å². The van der Waals surface area contributed by atoms with Gasteiger partial charge in [0.15, 0.2) is 5.70 Å². The Morgan fingerprint density at radius 3 is 2.38 bits per heavy atom. The van der Waals surface area contributed by atoms with Crippen LogP contribution < -0.4 is 4.74 Å². The molecule has 0 bridgehead atoms. The average Bonchev–Trinajstić information content (AvgIpc) is 2.95. The molecule has 26 heavy (non-hydrogen) atoms. The molecule has 0 N–H and O–H groups in total. The van der Waals surface area contributed by atoms with E-state index in [2.05, 4.69) is 52.8 Å². The molecule has 0 saturated heterocycles. The van der Waals surface area contributed by atoms with E-state index in [1.807, 2.05) is 43.3 Å². The van der Waals surface area contributed by atoms with E-state index < -0.39 is 5.97 Å². The van der Waals surface area contributed by atoms with Gasteiger partial charge in [-0.2, -0.15) is 0 Å². The number of hydrogen-bond acceptors (Lipinski definition) is 4. The third-order valence-corrected chi connectivity index (χ3v) is 5.19. The number of halogens is 3. The van der Waals surface area contributed by atoms with Gasteiger partial charge in [-0.25, -0.2) is 9.79 Å². The molecule has 2 aromatic carbocycles. The van der Waals surface area contributed by atoms with Crippen molar-refractivity contribution in [3.8, 4) is 5.75 Å². The predicted octanol–water partition coefficient (Wildman–Crippen LogP) is 6.11. The van der Waals surface area contributed by atoms with Crippen LogP contribution in [0.15, 0.2) is 60.5 Å². The van der Waals surface area contributed by atoms with Crippen LogP contribution in [0.5, 0.6) is 5.75 Å². The van der Waals surface area contributed by atoms with E-state index in [0.29, 0.717) is 12.5 Å². The average molecular weight is 544 g/mol. The summed E-state index contributed by atoms with van der Waals surface area (Å²) in [6, 6.07) is 11.2. The number of carbonyl (C=O) groups is 1. The van der Waals surface area contributed by atoms with Gasteiger partial charge >= 0.3 is 5.97 Å². The maximum atomic E-state index is 12.1. The second-order valence-electron chi connectivity index (χ2n) is 5.51. The minimum Gasteiger partial charge on any atom is -0.491 e. The highest BCUT2D eigenvalue weighted by Gasteiger charge is 2.24. The van der Waals surface area contributed by atoms with Crippen LogP contribution in [0.2, 0.25) is 0 Å². The van der Waals surface area contributed by atoms with E-state index in [9.17, 15) is 4.79 Å². The molecule has 0 atom stereocenters. The van der Waals surface area contributed by atoms with Gasteiger partial charge in [0.25, 0.3) is 0 Å². The standard InChI is InChI=1S/C19H14Br3NO3/c1-2-7-25-17-14(21)8-11(9-15(17)22)10-16-19(24)26-18(23-16)12-3-5-13(20)6-4-12/h3-6,8-10H,2,7H2,1H3/b16-10-. The van der Waals surface area contributed by atoms with Crippen LogP contribution in [0.25, 0.3) is 6.08 Å². The zero-order valence-corrected chi connectivity index (χ0v) is 18.5. The van der Waals surface area contributed by atoms with Crippen molar-refractivity contribution in [3.63, 3.8) is 0 Å². The van der Waals surface area contributed by atoms with E-state index in [0.717, 1.165) is 36.7 Å². The highest BCUT2D eigenvalue weighted by molar-refractivity contribution is 9.11. The van der Waals surface area contributed by atoms with Gasteiger partial charge in [0, 0.05) is 10.0 Å². The minimum absolute atomic E-state index is 0.254. The number of ether oxygens (including phenoxy) is 2. The molecule has 0 spiro atoms. The third kappa shape index (κ3) is 4.45. The number of esters is 1. The van der Waals surface area contributed by atoms with Gasteiger partial charge < -0.3 is 9.47 Å². The Morgan fingerprint density at radius 1 is 1.12 bits per heavy atom. The summed E-state index contributed by atoms with van der Waals surface area (Å²) < 4.78 is 13.5. The molecule has 0 fully saturated rings. The fraction of sp³-hybridized carbons (Fsp3) is 0.158. The molecular formula is C19H14Br3NO3. The van der Waals surface area contributed by atoms with Crippen LogP contribution in [0.3, 0.4) is 0 Å². The first-order chi connectivity index (χ1) is 12.5.